The Kier molecular flexibility index (Phi) is 4.68. The maximum atomic E-state index is 11.6. The molecule has 0 saturated heterocycles. The van der Waals surface area contributed by atoms with Crippen molar-refractivity contribution in [3.8, 4) is 0 Å². The second-order valence-corrected chi connectivity index (χ2v) is 6.84. The monoisotopic (exact) mass is 257 g/mol. The third-order valence-electron chi connectivity index (χ3n) is 1.97. The molecule has 5 heteroatoms. The minimum atomic E-state index is -3.26. The summed E-state index contributed by atoms with van der Waals surface area (Å²) >= 11 is 0. The van der Waals surface area contributed by atoms with Gasteiger partial charge in [-0.3, -0.25) is 0 Å². The van der Waals surface area contributed by atoms with Gasteiger partial charge >= 0.3 is 0 Å². The van der Waals surface area contributed by atoms with Crippen molar-refractivity contribution in [2.45, 2.75) is 26.0 Å². The van der Waals surface area contributed by atoms with Crippen molar-refractivity contribution in [3.05, 3.63) is 35.9 Å². The second-order valence-electron chi connectivity index (χ2n) is 4.83. The molecule has 0 atom stereocenters. The Morgan fingerprint density at radius 3 is 2.35 bits per heavy atom. The summed E-state index contributed by atoms with van der Waals surface area (Å²) in [6.45, 7) is 3.66. The first-order chi connectivity index (χ1) is 7.79. The van der Waals surface area contributed by atoms with E-state index in [1.54, 1.807) is 13.8 Å². The van der Waals surface area contributed by atoms with Crippen LogP contribution < -0.4 is 5.73 Å². The molecule has 96 valence electrons. The molecule has 1 rings (SSSR count). The summed E-state index contributed by atoms with van der Waals surface area (Å²) in [4.78, 5) is 0. The Balaban J connectivity index is 2.41. The molecule has 0 aromatic heterocycles. The standard InChI is InChI=1S/C12H19NO3S/c1-12(2,13)9-17(14,15)10-16-8-11-6-4-3-5-7-11/h3-7H,8-10,13H2,1-2H3. The zero-order chi connectivity index (χ0) is 12.9. The smallest absolute Gasteiger partial charge is 0.176 e. The van der Waals surface area contributed by atoms with Gasteiger partial charge in [-0.25, -0.2) is 8.42 Å². The maximum absolute atomic E-state index is 11.6. The van der Waals surface area contributed by atoms with E-state index in [4.69, 9.17) is 10.5 Å². The predicted octanol–water partition coefficient (Wildman–Crippen LogP) is 1.31. The number of benzene rings is 1. The highest BCUT2D eigenvalue weighted by atomic mass is 32.2. The molecule has 0 spiro atoms. The van der Waals surface area contributed by atoms with Crippen LogP contribution in [0.15, 0.2) is 30.3 Å². The van der Waals surface area contributed by atoms with Gasteiger partial charge in [0.2, 0.25) is 0 Å². The summed E-state index contributed by atoms with van der Waals surface area (Å²) in [5, 5.41) is 0. The number of hydrogen-bond acceptors (Lipinski definition) is 4. The lowest BCUT2D eigenvalue weighted by Crippen LogP contribution is -2.40. The quantitative estimate of drug-likeness (QED) is 0.834. The molecule has 0 saturated carbocycles. The highest BCUT2D eigenvalue weighted by molar-refractivity contribution is 7.91. The molecule has 0 fully saturated rings. The molecule has 0 unspecified atom stereocenters. The minimum Gasteiger partial charge on any atom is -0.361 e. The first-order valence-electron chi connectivity index (χ1n) is 5.39. The van der Waals surface area contributed by atoms with Crippen LogP contribution in [0.3, 0.4) is 0 Å². The number of nitrogens with two attached hydrogens (primary N) is 1. The molecule has 0 radical (unpaired) electrons. The molecule has 4 nitrogen and oxygen atoms in total. The van der Waals surface area contributed by atoms with E-state index in [1.165, 1.54) is 0 Å². The average Bonchev–Trinajstić information content (AvgIpc) is 2.15. The molecule has 0 heterocycles. The summed E-state index contributed by atoms with van der Waals surface area (Å²) in [5.41, 5.74) is 5.90. The number of hydrogen-bond donors (Lipinski definition) is 1. The van der Waals surface area contributed by atoms with E-state index in [-0.39, 0.29) is 11.7 Å². The van der Waals surface area contributed by atoms with Crippen molar-refractivity contribution in [1.82, 2.24) is 0 Å². The molecule has 1 aromatic carbocycles. The fourth-order valence-corrected chi connectivity index (χ4v) is 3.02. The summed E-state index contributed by atoms with van der Waals surface area (Å²) < 4.78 is 28.4. The van der Waals surface area contributed by atoms with Gasteiger partial charge in [-0.05, 0) is 19.4 Å². The van der Waals surface area contributed by atoms with Crippen molar-refractivity contribution in [2.75, 3.05) is 11.7 Å². The van der Waals surface area contributed by atoms with Crippen LogP contribution in [-0.2, 0) is 21.2 Å². The Morgan fingerprint density at radius 2 is 1.82 bits per heavy atom. The average molecular weight is 257 g/mol. The summed E-state index contributed by atoms with van der Waals surface area (Å²) in [6, 6.07) is 9.45. The number of rotatable bonds is 6. The van der Waals surface area contributed by atoms with E-state index in [0.717, 1.165) is 5.56 Å². The Hall–Kier alpha value is -0.910. The first kappa shape index (κ1) is 14.2. The van der Waals surface area contributed by atoms with Gasteiger partial charge in [-0.2, -0.15) is 0 Å². The normalized spacial score (nSPS) is 12.6. The van der Waals surface area contributed by atoms with Crippen molar-refractivity contribution in [3.63, 3.8) is 0 Å². The lowest BCUT2D eigenvalue weighted by Gasteiger charge is -2.18. The summed E-state index contributed by atoms with van der Waals surface area (Å²) in [5.74, 6) is -0.364. The lowest BCUT2D eigenvalue weighted by molar-refractivity contribution is 0.162. The van der Waals surface area contributed by atoms with Crippen LogP contribution in [0.1, 0.15) is 19.4 Å². The highest BCUT2D eigenvalue weighted by Gasteiger charge is 2.22. The highest BCUT2D eigenvalue weighted by Crippen LogP contribution is 2.06. The molecule has 0 aliphatic carbocycles. The zero-order valence-electron chi connectivity index (χ0n) is 10.2. The maximum Gasteiger partial charge on any atom is 0.176 e. The molecular formula is C12H19NO3S. The van der Waals surface area contributed by atoms with Gasteiger partial charge in [-0.1, -0.05) is 30.3 Å². The number of ether oxygens (including phenoxy) is 1. The first-order valence-corrected chi connectivity index (χ1v) is 7.22. The van der Waals surface area contributed by atoms with E-state index in [1.807, 2.05) is 30.3 Å². The van der Waals surface area contributed by atoms with E-state index >= 15 is 0 Å². The van der Waals surface area contributed by atoms with Crippen LogP contribution in [-0.4, -0.2) is 25.6 Å². The Bertz CT molecular complexity index is 435. The van der Waals surface area contributed by atoms with Gasteiger partial charge in [0.05, 0.1) is 12.4 Å². The van der Waals surface area contributed by atoms with Crippen molar-refractivity contribution in [1.29, 1.82) is 0 Å². The predicted molar refractivity (Wildman–Crippen MR) is 68.2 cm³/mol. The Labute approximate surface area is 103 Å². The third kappa shape index (κ3) is 6.41. The third-order valence-corrected chi connectivity index (χ3v) is 3.68. The molecule has 0 bridgehead atoms. The van der Waals surface area contributed by atoms with E-state index < -0.39 is 15.4 Å². The van der Waals surface area contributed by atoms with E-state index in [9.17, 15) is 8.42 Å². The van der Waals surface area contributed by atoms with Gasteiger partial charge < -0.3 is 10.5 Å². The zero-order valence-corrected chi connectivity index (χ0v) is 11.0. The largest absolute Gasteiger partial charge is 0.361 e. The van der Waals surface area contributed by atoms with Crippen molar-refractivity contribution >= 4 is 9.84 Å². The molecule has 17 heavy (non-hydrogen) atoms. The molecule has 0 aliphatic heterocycles. The van der Waals surface area contributed by atoms with Gasteiger partial charge in [0.15, 0.2) is 9.84 Å². The van der Waals surface area contributed by atoms with Crippen molar-refractivity contribution in [2.24, 2.45) is 5.73 Å². The van der Waals surface area contributed by atoms with E-state index in [2.05, 4.69) is 0 Å². The van der Waals surface area contributed by atoms with Crippen LogP contribution in [0.2, 0.25) is 0 Å². The molecule has 2 N–H and O–H groups in total. The number of sulfone groups is 1. The van der Waals surface area contributed by atoms with Crippen LogP contribution in [0.4, 0.5) is 0 Å². The fourth-order valence-electron chi connectivity index (χ4n) is 1.47. The van der Waals surface area contributed by atoms with Crippen LogP contribution in [0.25, 0.3) is 0 Å². The summed E-state index contributed by atoms with van der Waals surface area (Å²) in [6.07, 6.45) is 0. The van der Waals surface area contributed by atoms with Crippen molar-refractivity contribution < 1.29 is 13.2 Å². The van der Waals surface area contributed by atoms with Gasteiger partial charge in [0, 0.05) is 5.54 Å². The fraction of sp³-hybridized carbons (Fsp3) is 0.500. The van der Waals surface area contributed by atoms with E-state index in [0.29, 0.717) is 6.61 Å². The van der Waals surface area contributed by atoms with Crippen LogP contribution >= 0.6 is 0 Å². The molecular weight excluding hydrogens is 238 g/mol. The van der Waals surface area contributed by atoms with Crippen LogP contribution in [0, 0.1) is 0 Å². The van der Waals surface area contributed by atoms with Crippen LogP contribution in [0.5, 0.6) is 0 Å². The molecule has 1 aromatic rings. The lowest BCUT2D eigenvalue weighted by atomic mass is 10.1. The topological polar surface area (TPSA) is 69.4 Å². The molecule has 0 aliphatic rings. The van der Waals surface area contributed by atoms with Gasteiger partial charge in [0.1, 0.15) is 5.94 Å². The summed E-state index contributed by atoms with van der Waals surface area (Å²) in [7, 11) is -3.26. The molecule has 0 amide bonds. The minimum absolute atomic E-state index is 0.0746. The van der Waals surface area contributed by atoms with Gasteiger partial charge in [-0.15, -0.1) is 0 Å². The second kappa shape index (κ2) is 5.62. The SMILES string of the molecule is CC(C)(N)CS(=O)(=O)COCc1ccccc1. The van der Waals surface area contributed by atoms with Gasteiger partial charge in [0.25, 0.3) is 0 Å². The Morgan fingerprint density at radius 1 is 1.24 bits per heavy atom.